The lowest BCUT2D eigenvalue weighted by Gasteiger charge is -2.16. The van der Waals surface area contributed by atoms with E-state index in [9.17, 15) is 9.90 Å². The summed E-state index contributed by atoms with van der Waals surface area (Å²) < 4.78 is 6.88. The fourth-order valence-corrected chi connectivity index (χ4v) is 2.36. The summed E-state index contributed by atoms with van der Waals surface area (Å²) in [6.45, 7) is 1.70. The first kappa shape index (κ1) is 16.2. The van der Waals surface area contributed by atoms with Crippen LogP contribution in [0.1, 0.15) is 18.2 Å². The van der Waals surface area contributed by atoms with Gasteiger partial charge in [-0.2, -0.15) is 4.98 Å². The summed E-state index contributed by atoms with van der Waals surface area (Å²) in [5.74, 6) is 0.401. The molecule has 0 amide bonds. The number of aryl methyl sites for hydroxylation is 1. The Morgan fingerprint density at radius 2 is 2.41 bits per heavy atom. The standard InChI is InChI=1S/C12H18N6O4/c1-7-5-18(12(21)15-11(7)14-2-3-19)10-4-8(16-17-13)9(6-20)22-10/h5,8-10,19-20H,2-4,6H2,1H3,(H,14,15,21)/t8?,9-,10-/m1/s1. The van der Waals surface area contributed by atoms with Gasteiger partial charge in [0.15, 0.2) is 0 Å². The van der Waals surface area contributed by atoms with Crippen molar-refractivity contribution >= 4 is 5.82 Å². The molecule has 1 unspecified atom stereocenters. The molecule has 1 aromatic heterocycles. The van der Waals surface area contributed by atoms with Crippen LogP contribution in [0.3, 0.4) is 0 Å². The first-order valence-electron chi connectivity index (χ1n) is 6.85. The molecule has 0 radical (unpaired) electrons. The molecule has 1 aliphatic heterocycles. The normalized spacial score (nSPS) is 24.0. The number of azide groups is 1. The van der Waals surface area contributed by atoms with Crippen LogP contribution in [0.2, 0.25) is 0 Å². The Labute approximate surface area is 126 Å². The zero-order chi connectivity index (χ0) is 16.1. The number of ether oxygens (including phenoxy) is 1. The molecule has 2 heterocycles. The number of anilines is 1. The van der Waals surface area contributed by atoms with Crippen LogP contribution >= 0.6 is 0 Å². The first-order chi connectivity index (χ1) is 10.6. The number of aromatic nitrogens is 2. The van der Waals surface area contributed by atoms with E-state index in [0.717, 1.165) is 0 Å². The zero-order valence-electron chi connectivity index (χ0n) is 12.1. The molecule has 10 heteroatoms. The Bertz CT molecular complexity index is 627. The molecule has 1 fully saturated rings. The molecule has 1 saturated heterocycles. The number of hydrogen-bond acceptors (Lipinski definition) is 7. The van der Waals surface area contributed by atoms with Crippen LogP contribution in [0.25, 0.3) is 10.4 Å². The molecular formula is C12H18N6O4. The van der Waals surface area contributed by atoms with Crippen LogP contribution in [0.15, 0.2) is 16.1 Å². The second kappa shape index (κ2) is 7.23. The van der Waals surface area contributed by atoms with Crippen molar-refractivity contribution < 1.29 is 14.9 Å². The summed E-state index contributed by atoms with van der Waals surface area (Å²) >= 11 is 0. The van der Waals surface area contributed by atoms with Gasteiger partial charge in [0.05, 0.1) is 25.4 Å². The highest BCUT2D eigenvalue weighted by Gasteiger charge is 2.35. The molecule has 120 valence electrons. The maximum atomic E-state index is 12.1. The molecule has 0 aliphatic carbocycles. The molecule has 0 spiro atoms. The molecule has 1 aromatic rings. The Hall–Kier alpha value is -2.13. The largest absolute Gasteiger partial charge is 0.395 e. The van der Waals surface area contributed by atoms with Gasteiger partial charge in [-0.1, -0.05) is 5.11 Å². The van der Waals surface area contributed by atoms with Gasteiger partial charge in [0.2, 0.25) is 0 Å². The van der Waals surface area contributed by atoms with Crippen LogP contribution in [0.4, 0.5) is 5.82 Å². The van der Waals surface area contributed by atoms with E-state index in [4.69, 9.17) is 15.4 Å². The second-order valence-corrected chi connectivity index (χ2v) is 4.93. The summed E-state index contributed by atoms with van der Waals surface area (Å²) in [5, 5.41) is 24.5. The number of aliphatic hydroxyl groups excluding tert-OH is 2. The van der Waals surface area contributed by atoms with E-state index < -0.39 is 24.1 Å². The minimum Gasteiger partial charge on any atom is -0.395 e. The van der Waals surface area contributed by atoms with Crippen LogP contribution in [0, 0.1) is 6.92 Å². The maximum absolute atomic E-state index is 12.1. The quantitative estimate of drug-likeness (QED) is 0.380. The molecule has 3 N–H and O–H groups in total. The molecule has 0 saturated carbocycles. The second-order valence-electron chi connectivity index (χ2n) is 4.93. The summed E-state index contributed by atoms with van der Waals surface area (Å²) in [6.07, 6.45) is 0.602. The lowest BCUT2D eigenvalue weighted by Crippen LogP contribution is -2.29. The maximum Gasteiger partial charge on any atom is 0.351 e. The lowest BCUT2D eigenvalue weighted by atomic mass is 10.1. The monoisotopic (exact) mass is 310 g/mol. The molecular weight excluding hydrogens is 292 g/mol. The number of nitrogens with zero attached hydrogens (tertiary/aromatic N) is 5. The van der Waals surface area contributed by atoms with E-state index in [1.54, 1.807) is 13.1 Å². The van der Waals surface area contributed by atoms with Crippen LogP contribution in [0.5, 0.6) is 0 Å². The Morgan fingerprint density at radius 1 is 1.64 bits per heavy atom. The summed E-state index contributed by atoms with van der Waals surface area (Å²) in [5.41, 5.74) is 8.72. The molecule has 22 heavy (non-hydrogen) atoms. The summed E-state index contributed by atoms with van der Waals surface area (Å²) in [7, 11) is 0. The van der Waals surface area contributed by atoms with Gasteiger partial charge in [0.1, 0.15) is 12.0 Å². The predicted octanol–water partition coefficient (Wildman–Crippen LogP) is -0.0854. The number of nitrogens with one attached hydrogen (secondary N) is 1. The molecule has 1 aliphatic rings. The summed E-state index contributed by atoms with van der Waals surface area (Å²) in [6, 6.07) is -0.528. The number of aliphatic hydroxyl groups is 2. The molecule has 0 aromatic carbocycles. The fraction of sp³-hybridized carbons (Fsp3) is 0.667. The summed E-state index contributed by atoms with van der Waals surface area (Å²) in [4.78, 5) is 18.8. The highest BCUT2D eigenvalue weighted by atomic mass is 16.5. The van der Waals surface area contributed by atoms with E-state index in [2.05, 4.69) is 20.3 Å². The SMILES string of the molecule is Cc1cn([C@H]2CC(N=[N+]=[N-])[C@@H](CO)O2)c(=O)nc1NCCO. The number of hydrogen-bond donors (Lipinski definition) is 3. The van der Waals surface area contributed by atoms with Gasteiger partial charge >= 0.3 is 5.69 Å². The van der Waals surface area contributed by atoms with Gasteiger partial charge in [0, 0.05) is 29.6 Å². The Balaban J connectivity index is 2.24. The van der Waals surface area contributed by atoms with Gasteiger partial charge in [-0.05, 0) is 12.5 Å². The van der Waals surface area contributed by atoms with E-state index in [1.165, 1.54) is 4.57 Å². The molecule has 0 bridgehead atoms. The van der Waals surface area contributed by atoms with E-state index in [1.807, 2.05) is 0 Å². The van der Waals surface area contributed by atoms with E-state index >= 15 is 0 Å². The molecule has 2 rings (SSSR count). The average Bonchev–Trinajstić information content (AvgIpc) is 2.91. The van der Waals surface area contributed by atoms with Gasteiger partial charge in [0.25, 0.3) is 0 Å². The smallest absolute Gasteiger partial charge is 0.351 e. The molecule has 3 atom stereocenters. The lowest BCUT2D eigenvalue weighted by molar-refractivity contribution is -0.0270. The van der Waals surface area contributed by atoms with Crippen molar-refractivity contribution in [2.45, 2.75) is 31.7 Å². The predicted molar refractivity (Wildman–Crippen MR) is 77.4 cm³/mol. The van der Waals surface area contributed by atoms with Crippen LogP contribution in [-0.4, -0.2) is 51.7 Å². The Kier molecular flexibility index (Phi) is 5.34. The van der Waals surface area contributed by atoms with Gasteiger partial charge in [-0.25, -0.2) is 4.79 Å². The zero-order valence-corrected chi connectivity index (χ0v) is 12.1. The minimum atomic E-state index is -0.641. The fourth-order valence-electron chi connectivity index (χ4n) is 2.36. The van der Waals surface area contributed by atoms with Gasteiger partial charge < -0.3 is 20.3 Å². The van der Waals surface area contributed by atoms with Crippen molar-refractivity contribution in [3.63, 3.8) is 0 Å². The van der Waals surface area contributed by atoms with Crippen molar-refractivity contribution in [2.24, 2.45) is 5.11 Å². The van der Waals surface area contributed by atoms with Crippen molar-refractivity contribution in [3.05, 3.63) is 32.7 Å². The average molecular weight is 310 g/mol. The van der Waals surface area contributed by atoms with Gasteiger partial charge in [-0.15, -0.1) is 0 Å². The van der Waals surface area contributed by atoms with E-state index in [-0.39, 0.29) is 13.2 Å². The Morgan fingerprint density at radius 3 is 3.05 bits per heavy atom. The highest BCUT2D eigenvalue weighted by Crippen LogP contribution is 2.30. The third kappa shape index (κ3) is 3.37. The van der Waals surface area contributed by atoms with Crippen molar-refractivity contribution in [1.82, 2.24) is 9.55 Å². The molecule has 10 nitrogen and oxygen atoms in total. The third-order valence-corrected chi connectivity index (χ3v) is 3.43. The van der Waals surface area contributed by atoms with Crippen molar-refractivity contribution in [2.75, 3.05) is 25.1 Å². The topological polar surface area (TPSA) is 145 Å². The van der Waals surface area contributed by atoms with Gasteiger partial charge in [-0.3, -0.25) is 4.57 Å². The van der Waals surface area contributed by atoms with Crippen LogP contribution < -0.4 is 11.0 Å². The van der Waals surface area contributed by atoms with E-state index in [0.29, 0.717) is 24.3 Å². The third-order valence-electron chi connectivity index (χ3n) is 3.43. The number of rotatable bonds is 6. The van der Waals surface area contributed by atoms with Crippen molar-refractivity contribution in [3.8, 4) is 0 Å². The minimum absolute atomic E-state index is 0.0675. The van der Waals surface area contributed by atoms with Crippen molar-refractivity contribution in [1.29, 1.82) is 0 Å². The van der Waals surface area contributed by atoms with Crippen LogP contribution in [-0.2, 0) is 4.74 Å². The first-order valence-corrected chi connectivity index (χ1v) is 6.85. The highest BCUT2D eigenvalue weighted by molar-refractivity contribution is 5.41.